The van der Waals surface area contributed by atoms with Gasteiger partial charge in [0.25, 0.3) is 0 Å². The third-order valence-corrected chi connectivity index (χ3v) is 5.12. The van der Waals surface area contributed by atoms with Crippen molar-refractivity contribution in [2.75, 3.05) is 25.4 Å². The molecule has 0 radical (unpaired) electrons. The van der Waals surface area contributed by atoms with Crippen molar-refractivity contribution in [3.05, 3.63) is 0 Å². The number of rotatable bonds is 7. The Balaban J connectivity index is 2.71. The molecule has 1 rings (SSSR count). The van der Waals surface area contributed by atoms with Gasteiger partial charge < -0.3 is 15.5 Å². The van der Waals surface area contributed by atoms with Crippen LogP contribution in [0.2, 0.25) is 0 Å². The fourth-order valence-corrected chi connectivity index (χ4v) is 3.65. The molecule has 0 aromatic carbocycles. The SMILES string of the molecule is CCCN(C(=O)NS(=O)(=O)CC(N)=O)C1CCN(C(C)C)CC1. The Morgan fingerprint density at radius 3 is 2.30 bits per heavy atom. The topological polar surface area (TPSA) is 113 Å². The fourth-order valence-electron chi connectivity index (χ4n) is 2.82. The molecule has 0 spiro atoms. The smallest absolute Gasteiger partial charge is 0.331 e. The van der Waals surface area contributed by atoms with Crippen molar-refractivity contribution in [2.24, 2.45) is 5.73 Å². The summed E-state index contributed by atoms with van der Waals surface area (Å²) in [4.78, 5) is 27.0. The molecular formula is C14H28N4O4S. The fraction of sp³-hybridized carbons (Fsp3) is 0.857. The van der Waals surface area contributed by atoms with Crippen molar-refractivity contribution < 1.29 is 18.0 Å². The molecule has 1 aliphatic rings. The summed E-state index contributed by atoms with van der Waals surface area (Å²) < 4.78 is 25.4. The van der Waals surface area contributed by atoms with Crippen LogP contribution in [0.5, 0.6) is 0 Å². The molecule has 1 fully saturated rings. The molecule has 9 heteroatoms. The summed E-state index contributed by atoms with van der Waals surface area (Å²) in [5.74, 6) is -1.87. The van der Waals surface area contributed by atoms with Crippen LogP contribution in [0.1, 0.15) is 40.0 Å². The maximum Gasteiger partial charge on any atom is 0.331 e. The molecule has 0 aromatic heterocycles. The van der Waals surface area contributed by atoms with E-state index >= 15 is 0 Å². The third-order valence-electron chi connectivity index (χ3n) is 3.97. The second kappa shape index (κ2) is 8.49. The number of urea groups is 1. The van der Waals surface area contributed by atoms with Crippen LogP contribution in [0.25, 0.3) is 0 Å². The van der Waals surface area contributed by atoms with E-state index in [4.69, 9.17) is 5.73 Å². The molecule has 1 heterocycles. The maximum atomic E-state index is 12.3. The lowest BCUT2D eigenvalue weighted by Gasteiger charge is -2.39. The summed E-state index contributed by atoms with van der Waals surface area (Å²) in [6.45, 7) is 8.43. The number of sulfonamides is 1. The van der Waals surface area contributed by atoms with Crippen molar-refractivity contribution in [3.8, 4) is 0 Å². The first-order chi connectivity index (χ1) is 10.7. The number of piperidine rings is 1. The zero-order chi connectivity index (χ0) is 17.6. The van der Waals surface area contributed by atoms with Crippen LogP contribution in [0, 0.1) is 0 Å². The number of hydrogen-bond donors (Lipinski definition) is 2. The van der Waals surface area contributed by atoms with Gasteiger partial charge in [0.05, 0.1) is 0 Å². The van der Waals surface area contributed by atoms with E-state index in [9.17, 15) is 18.0 Å². The Hall–Kier alpha value is -1.35. The molecule has 3 amide bonds. The maximum absolute atomic E-state index is 12.3. The molecule has 0 aromatic rings. The van der Waals surface area contributed by atoms with Gasteiger partial charge in [0.2, 0.25) is 15.9 Å². The molecule has 134 valence electrons. The summed E-state index contributed by atoms with van der Waals surface area (Å²) in [5, 5.41) is 0. The molecule has 3 N–H and O–H groups in total. The van der Waals surface area contributed by atoms with Crippen LogP contribution < -0.4 is 10.5 Å². The van der Waals surface area contributed by atoms with Gasteiger partial charge in [-0.15, -0.1) is 0 Å². The second-order valence-electron chi connectivity index (χ2n) is 6.19. The number of primary amides is 1. The summed E-state index contributed by atoms with van der Waals surface area (Å²) in [5.41, 5.74) is 4.89. The first kappa shape index (κ1) is 19.7. The van der Waals surface area contributed by atoms with Crippen molar-refractivity contribution in [1.82, 2.24) is 14.5 Å². The average molecular weight is 348 g/mol. The Kier molecular flexibility index (Phi) is 7.27. The van der Waals surface area contributed by atoms with Crippen LogP contribution in [0.4, 0.5) is 4.79 Å². The lowest BCUT2D eigenvalue weighted by atomic mass is 10.0. The van der Waals surface area contributed by atoms with Gasteiger partial charge in [0.15, 0.2) is 0 Å². The van der Waals surface area contributed by atoms with Crippen LogP contribution >= 0.6 is 0 Å². The summed E-state index contributed by atoms with van der Waals surface area (Å²) in [6.07, 6.45) is 2.34. The third kappa shape index (κ3) is 6.34. The number of likely N-dealkylation sites (tertiary alicyclic amines) is 1. The summed E-state index contributed by atoms with van der Waals surface area (Å²) in [7, 11) is -4.03. The van der Waals surface area contributed by atoms with Crippen LogP contribution in [0.3, 0.4) is 0 Å². The number of nitrogens with zero attached hydrogens (tertiary/aromatic N) is 2. The molecule has 0 unspecified atom stereocenters. The lowest BCUT2D eigenvalue weighted by molar-refractivity contribution is -0.115. The van der Waals surface area contributed by atoms with Gasteiger partial charge in [0, 0.05) is 31.7 Å². The lowest BCUT2D eigenvalue weighted by Crippen LogP contribution is -2.53. The van der Waals surface area contributed by atoms with Crippen molar-refractivity contribution in [1.29, 1.82) is 0 Å². The van der Waals surface area contributed by atoms with Gasteiger partial charge in [-0.25, -0.2) is 17.9 Å². The number of carbonyl (C=O) groups excluding carboxylic acids is 2. The molecule has 8 nitrogen and oxygen atoms in total. The molecule has 1 saturated heterocycles. The minimum atomic E-state index is -4.03. The summed E-state index contributed by atoms with van der Waals surface area (Å²) in [6, 6.07) is -0.204. The Morgan fingerprint density at radius 2 is 1.87 bits per heavy atom. The standard InChI is InChI=1S/C14H28N4O4S/c1-4-7-18(12-5-8-17(9-6-12)11(2)3)14(20)16-23(21,22)10-13(15)19/h11-12H,4-10H2,1-3H3,(H2,15,19)(H,16,20). The van der Waals surface area contributed by atoms with E-state index in [-0.39, 0.29) is 6.04 Å². The highest BCUT2D eigenvalue weighted by Crippen LogP contribution is 2.19. The van der Waals surface area contributed by atoms with E-state index in [0.29, 0.717) is 12.6 Å². The zero-order valence-electron chi connectivity index (χ0n) is 14.1. The van der Waals surface area contributed by atoms with E-state index in [0.717, 1.165) is 32.4 Å². The van der Waals surface area contributed by atoms with Crippen LogP contribution in [0.15, 0.2) is 0 Å². The molecule has 23 heavy (non-hydrogen) atoms. The van der Waals surface area contributed by atoms with E-state index in [1.807, 2.05) is 11.6 Å². The average Bonchev–Trinajstić information content (AvgIpc) is 2.42. The normalized spacial score (nSPS) is 17.2. The summed E-state index contributed by atoms with van der Waals surface area (Å²) >= 11 is 0. The molecule has 0 saturated carbocycles. The van der Waals surface area contributed by atoms with Crippen molar-refractivity contribution in [2.45, 2.75) is 52.1 Å². The highest BCUT2D eigenvalue weighted by Gasteiger charge is 2.30. The first-order valence-corrected chi connectivity index (χ1v) is 9.65. The predicted molar refractivity (Wildman–Crippen MR) is 88.2 cm³/mol. The molecular weight excluding hydrogens is 320 g/mol. The molecule has 1 aliphatic heterocycles. The van der Waals surface area contributed by atoms with E-state index < -0.39 is 27.7 Å². The van der Waals surface area contributed by atoms with Gasteiger partial charge in [0.1, 0.15) is 5.75 Å². The minimum absolute atomic E-state index is 0.00808. The number of carbonyl (C=O) groups is 2. The quantitative estimate of drug-likeness (QED) is 0.677. The molecule has 0 aliphatic carbocycles. The van der Waals surface area contributed by atoms with Crippen molar-refractivity contribution >= 4 is 22.0 Å². The molecule has 0 bridgehead atoms. The van der Waals surface area contributed by atoms with Crippen LogP contribution in [-0.2, 0) is 14.8 Å². The van der Waals surface area contributed by atoms with E-state index in [2.05, 4.69) is 18.7 Å². The largest absolute Gasteiger partial charge is 0.369 e. The van der Waals surface area contributed by atoms with E-state index in [1.165, 1.54) is 0 Å². The van der Waals surface area contributed by atoms with Gasteiger partial charge >= 0.3 is 6.03 Å². The number of amides is 3. The first-order valence-electron chi connectivity index (χ1n) is 7.99. The monoisotopic (exact) mass is 348 g/mol. The second-order valence-corrected chi connectivity index (χ2v) is 7.91. The van der Waals surface area contributed by atoms with Gasteiger partial charge in [-0.1, -0.05) is 6.92 Å². The van der Waals surface area contributed by atoms with Crippen LogP contribution in [-0.4, -0.2) is 67.6 Å². The zero-order valence-corrected chi connectivity index (χ0v) is 14.9. The highest BCUT2D eigenvalue weighted by molar-refractivity contribution is 7.90. The number of nitrogens with two attached hydrogens (primary N) is 1. The van der Waals surface area contributed by atoms with E-state index in [1.54, 1.807) is 4.90 Å². The predicted octanol–water partition coefficient (Wildman–Crippen LogP) is 0.0959. The number of hydrogen-bond acceptors (Lipinski definition) is 5. The Morgan fingerprint density at radius 1 is 1.30 bits per heavy atom. The molecule has 0 atom stereocenters. The Labute approximate surface area is 138 Å². The van der Waals surface area contributed by atoms with Gasteiger partial charge in [-0.2, -0.15) is 0 Å². The highest BCUT2D eigenvalue weighted by atomic mass is 32.2. The number of nitrogens with one attached hydrogen (secondary N) is 1. The van der Waals surface area contributed by atoms with Crippen molar-refractivity contribution in [3.63, 3.8) is 0 Å². The Bertz CT molecular complexity index is 513. The minimum Gasteiger partial charge on any atom is -0.369 e. The van der Waals surface area contributed by atoms with Gasteiger partial charge in [-0.3, -0.25) is 4.79 Å². The van der Waals surface area contributed by atoms with Gasteiger partial charge in [-0.05, 0) is 33.1 Å².